The molecule has 0 saturated carbocycles. The van der Waals surface area contributed by atoms with E-state index in [1.54, 1.807) is 6.20 Å². The van der Waals surface area contributed by atoms with Crippen molar-refractivity contribution in [3.63, 3.8) is 0 Å². The van der Waals surface area contributed by atoms with Crippen LogP contribution in [0, 0.1) is 3.57 Å². The first-order valence-electron chi connectivity index (χ1n) is 4.68. The Morgan fingerprint density at radius 3 is 2.47 bits per heavy atom. The van der Waals surface area contributed by atoms with Crippen molar-refractivity contribution in [3.05, 3.63) is 45.9 Å². The Kier molecular flexibility index (Phi) is 3.82. The minimum Gasteiger partial charge on any atom is -0.438 e. The van der Waals surface area contributed by atoms with Gasteiger partial charge >= 0.3 is 0 Å². The lowest BCUT2D eigenvalue weighted by atomic mass is 10.2. The molecule has 0 aliphatic carbocycles. The Labute approximate surface area is 110 Å². The van der Waals surface area contributed by atoms with Crippen LogP contribution in [0.15, 0.2) is 36.8 Å². The number of aromatic nitrogens is 2. The number of nitrogens with zero attached hydrogens (tertiary/aromatic N) is 2. The van der Waals surface area contributed by atoms with E-state index in [0.717, 1.165) is 3.57 Å². The highest BCUT2D eigenvalue weighted by Crippen LogP contribution is 2.26. The van der Waals surface area contributed by atoms with Crippen molar-refractivity contribution in [2.24, 2.45) is 0 Å². The minimum atomic E-state index is -2.47. The predicted molar refractivity (Wildman–Crippen MR) is 66.2 cm³/mol. The molecule has 0 amide bonds. The second kappa shape index (κ2) is 5.35. The van der Waals surface area contributed by atoms with Gasteiger partial charge in [-0.3, -0.25) is 0 Å². The molecule has 0 bridgehead atoms. The summed E-state index contributed by atoms with van der Waals surface area (Å²) in [6.45, 7) is 0. The zero-order chi connectivity index (χ0) is 12.3. The lowest BCUT2D eigenvalue weighted by Crippen LogP contribution is -1.92. The normalized spacial score (nSPS) is 10.6. The molecule has 0 aliphatic heterocycles. The Balaban J connectivity index is 2.17. The van der Waals surface area contributed by atoms with Gasteiger partial charge in [-0.25, -0.2) is 18.7 Å². The van der Waals surface area contributed by atoms with E-state index in [1.165, 1.54) is 30.6 Å². The third-order valence-corrected chi connectivity index (χ3v) is 2.72. The fourth-order valence-electron chi connectivity index (χ4n) is 1.17. The second-order valence-electron chi connectivity index (χ2n) is 3.15. The molecular formula is C11H7F2IN2O. The molecule has 1 heterocycles. The summed E-state index contributed by atoms with van der Waals surface area (Å²) in [6, 6.07) is 5.63. The molecule has 17 heavy (non-hydrogen) atoms. The molecule has 2 rings (SSSR count). The van der Waals surface area contributed by atoms with Crippen LogP contribution in [0.3, 0.4) is 0 Å². The van der Waals surface area contributed by atoms with Gasteiger partial charge in [0.2, 0.25) is 5.88 Å². The summed E-state index contributed by atoms with van der Waals surface area (Å²) in [5.74, 6) is 0.872. The van der Waals surface area contributed by atoms with Gasteiger partial charge in [-0.05, 0) is 46.9 Å². The molecule has 0 N–H and O–H groups in total. The van der Waals surface area contributed by atoms with Crippen molar-refractivity contribution < 1.29 is 13.5 Å². The second-order valence-corrected chi connectivity index (χ2v) is 4.31. The number of hydrogen-bond acceptors (Lipinski definition) is 3. The van der Waals surface area contributed by atoms with Gasteiger partial charge in [-0.2, -0.15) is 0 Å². The largest absolute Gasteiger partial charge is 0.438 e. The summed E-state index contributed by atoms with van der Waals surface area (Å²) >= 11 is 2.03. The molecule has 0 fully saturated rings. The van der Waals surface area contributed by atoms with Crippen molar-refractivity contribution in [2.45, 2.75) is 6.43 Å². The number of halogens is 3. The first-order valence-corrected chi connectivity index (χ1v) is 5.76. The third kappa shape index (κ3) is 3.09. The molecule has 0 aliphatic rings. The first kappa shape index (κ1) is 12.2. The van der Waals surface area contributed by atoms with Gasteiger partial charge < -0.3 is 4.74 Å². The van der Waals surface area contributed by atoms with Gasteiger partial charge in [0.15, 0.2) is 0 Å². The van der Waals surface area contributed by atoms with Crippen molar-refractivity contribution in [2.75, 3.05) is 0 Å². The van der Waals surface area contributed by atoms with E-state index in [-0.39, 0.29) is 5.56 Å². The van der Waals surface area contributed by atoms with E-state index < -0.39 is 6.43 Å². The Bertz CT molecular complexity index is 505. The Morgan fingerprint density at radius 1 is 1.18 bits per heavy atom. The molecule has 0 saturated heterocycles. The third-order valence-electron chi connectivity index (χ3n) is 1.98. The Morgan fingerprint density at radius 2 is 1.88 bits per heavy atom. The van der Waals surface area contributed by atoms with Crippen LogP contribution < -0.4 is 4.74 Å². The lowest BCUT2D eigenvalue weighted by molar-refractivity contribution is 0.151. The maximum Gasteiger partial charge on any atom is 0.263 e. The van der Waals surface area contributed by atoms with E-state index in [2.05, 4.69) is 9.97 Å². The molecule has 0 spiro atoms. The highest BCUT2D eigenvalue weighted by molar-refractivity contribution is 14.1. The van der Waals surface area contributed by atoms with Crippen molar-refractivity contribution in [1.29, 1.82) is 0 Å². The molecule has 88 valence electrons. The summed E-state index contributed by atoms with van der Waals surface area (Å²) in [6.07, 6.45) is 0.504. The first-order chi connectivity index (χ1) is 8.16. The van der Waals surface area contributed by atoms with E-state index >= 15 is 0 Å². The zero-order valence-corrected chi connectivity index (χ0v) is 10.6. The standard InChI is InChI=1S/C11H7F2IN2O/c12-10(13)7-1-3-8(4-2-7)17-11-9(14)5-15-6-16-11/h1-6,10H. The molecule has 2 aromatic rings. The van der Waals surface area contributed by atoms with Crippen LogP contribution in [0.5, 0.6) is 11.6 Å². The quantitative estimate of drug-likeness (QED) is 0.792. The monoisotopic (exact) mass is 348 g/mol. The van der Waals surface area contributed by atoms with Gasteiger partial charge in [-0.1, -0.05) is 0 Å². The molecule has 0 radical (unpaired) electrons. The molecule has 3 nitrogen and oxygen atoms in total. The highest BCUT2D eigenvalue weighted by Gasteiger charge is 2.08. The van der Waals surface area contributed by atoms with Crippen LogP contribution in [-0.4, -0.2) is 9.97 Å². The van der Waals surface area contributed by atoms with Gasteiger partial charge in [0.05, 0.1) is 3.57 Å². The maximum absolute atomic E-state index is 12.3. The SMILES string of the molecule is FC(F)c1ccc(Oc2ncncc2I)cc1. The number of benzene rings is 1. The van der Waals surface area contributed by atoms with Crippen LogP contribution in [-0.2, 0) is 0 Å². The van der Waals surface area contributed by atoms with Gasteiger partial charge in [0, 0.05) is 11.8 Å². The van der Waals surface area contributed by atoms with Crippen LogP contribution in [0.1, 0.15) is 12.0 Å². The fraction of sp³-hybridized carbons (Fsp3) is 0.0909. The minimum absolute atomic E-state index is 0.0327. The smallest absolute Gasteiger partial charge is 0.263 e. The van der Waals surface area contributed by atoms with Crippen LogP contribution in [0.25, 0.3) is 0 Å². The molecule has 0 unspecified atom stereocenters. The average molecular weight is 348 g/mol. The zero-order valence-electron chi connectivity index (χ0n) is 8.48. The van der Waals surface area contributed by atoms with Crippen molar-refractivity contribution in [3.8, 4) is 11.6 Å². The summed E-state index contributed by atoms with van der Waals surface area (Å²) < 4.78 is 30.8. The lowest BCUT2D eigenvalue weighted by Gasteiger charge is -2.06. The molecule has 1 aromatic heterocycles. The predicted octanol–water partition coefficient (Wildman–Crippen LogP) is 3.81. The topological polar surface area (TPSA) is 35.0 Å². The van der Waals surface area contributed by atoms with Gasteiger partial charge in [0.25, 0.3) is 6.43 Å². The summed E-state index contributed by atoms with van der Waals surface area (Å²) in [4.78, 5) is 7.77. The number of hydrogen-bond donors (Lipinski definition) is 0. The van der Waals surface area contributed by atoms with Crippen LogP contribution in [0.2, 0.25) is 0 Å². The number of rotatable bonds is 3. The van der Waals surface area contributed by atoms with E-state index in [0.29, 0.717) is 11.6 Å². The van der Waals surface area contributed by atoms with Crippen molar-refractivity contribution >= 4 is 22.6 Å². The average Bonchev–Trinajstić information content (AvgIpc) is 2.33. The molecule has 0 atom stereocenters. The molecular weight excluding hydrogens is 341 g/mol. The fourth-order valence-corrected chi connectivity index (χ4v) is 1.58. The molecule has 1 aromatic carbocycles. The number of alkyl halides is 2. The van der Waals surface area contributed by atoms with Gasteiger partial charge in [-0.15, -0.1) is 0 Å². The summed E-state index contributed by atoms with van der Waals surface area (Å²) in [5, 5.41) is 0. The summed E-state index contributed by atoms with van der Waals surface area (Å²) in [5.41, 5.74) is -0.0327. The summed E-state index contributed by atoms with van der Waals surface area (Å²) in [7, 11) is 0. The maximum atomic E-state index is 12.3. The molecule has 6 heteroatoms. The number of ether oxygens (including phenoxy) is 1. The van der Waals surface area contributed by atoms with Crippen LogP contribution >= 0.6 is 22.6 Å². The Hall–Kier alpha value is -1.31. The van der Waals surface area contributed by atoms with E-state index in [4.69, 9.17) is 4.74 Å². The van der Waals surface area contributed by atoms with E-state index in [1.807, 2.05) is 22.6 Å². The van der Waals surface area contributed by atoms with Gasteiger partial charge in [0.1, 0.15) is 12.1 Å². The van der Waals surface area contributed by atoms with Crippen LogP contribution in [0.4, 0.5) is 8.78 Å². The highest BCUT2D eigenvalue weighted by atomic mass is 127. The van der Waals surface area contributed by atoms with E-state index in [9.17, 15) is 8.78 Å². The van der Waals surface area contributed by atoms with Crippen molar-refractivity contribution in [1.82, 2.24) is 9.97 Å².